The van der Waals surface area contributed by atoms with E-state index >= 15 is 0 Å². The van der Waals surface area contributed by atoms with Crippen molar-refractivity contribution < 1.29 is 18.0 Å². The number of fused-ring (bicyclic) bond motifs is 2. The SMILES string of the molecule is O=C1Nc2c(C(F)(F)F)cccc2C12CCCCCC2. The number of carbonyl (C=O) groups excluding carboxylic acids is 1. The number of para-hydroxylation sites is 1. The summed E-state index contributed by atoms with van der Waals surface area (Å²) in [6.07, 6.45) is 0.730. The van der Waals surface area contributed by atoms with Crippen LogP contribution in [0.15, 0.2) is 18.2 Å². The highest BCUT2D eigenvalue weighted by Crippen LogP contribution is 2.50. The predicted octanol–water partition coefficient (Wildman–Crippen LogP) is 4.25. The molecule has 1 spiro atoms. The van der Waals surface area contributed by atoms with Gasteiger partial charge < -0.3 is 5.32 Å². The quantitative estimate of drug-likeness (QED) is 0.757. The molecule has 20 heavy (non-hydrogen) atoms. The lowest BCUT2D eigenvalue weighted by molar-refractivity contribution is -0.136. The van der Waals surface area contributed by atoms with Crippen molar-refractivity contribution in [2.24, 2.45) is 0 Å². The van der Waals surface area contributed by atoms with Gasteiger partial charge in [0.15, 0.2) is 0 Å². The van der Waals surface area contributed by atoms with Crippen LogP contribution in [-0.4, -0.2) is 5.91 Å². The molecule has 108 valence electrons. The Labute approximate surface area is 115 Å². The van der Waals surface area contributed by atoms with E-state index in [0.717, 1.165) is 31.7 Å². The monoisotopic (exact) mass is 283 g/mol. The number of anilines is 1. The number of carbonyl (C=O) groups is 1. The van der Waals surface area contributed by atoms with Gasteiger partial charge in [-0.3, -0.25) is 4.79 Å². The third-order valence-corrected chi connectivity index (χ3v) is 4.52. The number of amides is 1. The Balaban J connectivity index is 2.13. The summed E-state index contributed by atoms with van der Waals surface area (Å²) in [6.45, 7) is 0. The molecule has 0 unspecified atom stereocenters. The normalized spacial score (nSPS) is 21.4. The molecule has 1 fully saturated rings. The fraction of sp³-hybridized carbons (Fsp3) is 0.533. The zero-order valence-corrected chi connectivity index (χ0v) is 11.0. The van der Waals surface area contributed by atoms with E-state index in [-0.39, 0.29) is 11.6 Å². The highest BCUT2D eigenvalue weighted by molar-refractivity contribution is 6.07. The first-order valence-corrected chi connectivity index (χ1v) is 6.97. The lowest BCUT2D eigenvalue weighted by atomic mass is 9.75. The van der Waals surface area contributed by atoms with Crippen molar-refractivity contribution >= 4 is 11.6 Å². The highest BCUT2D eigenvalue weighted by atomic mass is 19.4. The first-order valence-electron chi connectivity index (χ1n) is 6.97. The third kappa shape index (κ3) is 1.91. The molecule has 0 bridgehead atoms. The molecule has 1 saturated carbocycles. The van der Waals surface area contributed by atoms with Gasteiger partial charge in [0.25, 0.3) is 0 Å². The molecule has 1 amide bonds. The number of hydrogen-bond acceptors (Lipinski definition) is 1. The van der Waals surface area contributed by atoms with E-state index in [1.54, 1.807) is 6.07 Å². The molecular formula is C15H16F3NO. The molecular weight excluding hydrogens is 267 g/mol. The second-order valence-corrected chi connectivity index (χ2v) is 5.68. The molecule has 1 aromatic carbocycles. The number of rotatable bonds is 0. The lowest BCUT2D eigenvalue weighted by Crippen LogP contribution is -2.33. The van der Waals surface area contributed by atoms with Gasteiger partial charge in [0.1, 0.15) is 0 Å². The number of nitrogens with one attached hydrogen (secondary N) is 1. The number of hydrogen-bond donors (Lipinski definition) is 1. The second kappa shape index (κ2) is 4.50. The van der Waals surface area contributed by atoms with Crippen LogP contribution in [0, 0.1) is 0 Å². The van der Waals surface area contributed by atoms with E-state index in [0.29, 0.717) is 18.4 Å². The molecule has 1 N–H and O–H groups in total. The number of alkyl halides is 3. The van der Waals surface area contributed by atoms with E-state index in [1.165, 1.54) is 6.07 Å². The summed E-state index contributed by atoms with van der Waals surface area (Å²) in [6, 6.07) is 4.12. The van der Waals surface area contributed by atoms with Gasteiger partial charge >= 0.3 is 6.18 Å². The van der Waals surface area contributed by atoms with Crippen molar-refractivity contribution in [1.82, 2.24) is 0 Å². The van der Waals surface area contributed by atoms with Crippen LogP contribution in [0.4, 0.5) is 18.9 Å². The predicted molar refractivity (Wildman–Crippen MR) is 69.5 cm³/mol. The zero-order valence-electron chi connectivity index (χ0n) is 11.0. The first-order chi connectivity index (χ1) is 9.45. The van der Waals surface area contributed by atoms with Crippen LogP contribution in [-0.2, 0) is 16.4 Å². The van der Waals surface area contributed by atoms with Crippen LogP contribution in [0.25, 0.3) is 0 Å². The summed E-state index contributed by atoms with van der Waals surface area (Å²) in [5, 5.41) is 2.50. The molecule has 0 atom stereocenters. The molecule has 1 aromatic rings. The molecule has 0 radical (unpaired) electrons. The van der Waals surface area contributed by atoms with Crippen LogP contribution in [0.3, 0.4) is 0 Å². The van der Waals surface area contributed by atoms with Crippen molar-refractivity contribution in [1.29, 1.82) is 0 Å². The van der Waals surface area contributed by atoms with E-state index in [2.05, 4.69) is 5.32 Å². The number of benzene rings is 1. The standard InChI is InChI=1S/C15H16F3NO/c16-15(17,18)11-7-5-6-10-12(11)19-13(20)14(10)8-3-1-2-4-9-14/h5-7H,1-4,8-9H2,(H,19,20). The van der Waals surface area contributed by atoms with Crippen molar-refractivity contribution in [3.05, 3.63) is 29.3 Å². The third-order valence-electron chi connectivity index (χ3n) is 4.52. The molecule has 2 aliphatic rings. The average molecular weight is 283 g/mol. The lowest BCUT2D eigenvalue weighted by Gasteiger charge is -2.25. The van der Waals surface area contributed by atoms with Crippen LogP contribution in [0.1, 0.15) is 49.7 Å². The van der Waals surface area contributed by atoms with Crippen molar-refractivity contribution in [3.8, 4) is 0 Å². The van der Waals surface area contributed by atoms with E-state index in [4.69, 9.17) is 0 Å². The molecule has 2 nitrogen and oxygen atoms in total. The van der Waals surface area contributed by atoms with Crippen molar-refractivity contribution in [3.63, 3.8) is 0 Å². The fourth-order valence-electron chi connectivity index (χ4n) is 3.51. The summed E-state index contributed by atoms with van der Waals surface area (Å²) in [7, 11) is 0. The smallest absolute Gasteiger partial charge is 0.324 e. The minimum absolute atomic E-state index is 0.0214. The Morgan fingerprint density at radius 1 is 1.05 bits per heavy atom. The van der Waals surface area contributed by atoms with E-state index in [1.807, 2.05) is 0 Å². The van der Waals surface area contributed by atoms with E-state index in [9.17, 15) is 18.0 Å². The maximum Gasteiger partial charge on any atom is 0.418 e. The summed E-state index contributed by atoms with van der Waals surface area (Å²) < 4.78 is 39.2. The largest absolute Gasteiger partial charge is 0.418 e. The van der Waals surface area contributed by atoms with Gasteiger partial charge in [-0.25, -0.2) is 0 Å². The fourth-order valence-corrected chi connectivity index (χ4v) is 3.51. The Bertz CT molecular complexity index is 543. The van der Waals surface area contributed by atoms with Crippen molar-refractivity contribution in [2.45, 2.75) is 50.1 Å². The summed E-state index contributed by atoms with van der Waals surface area (Å²) in [4.78, 5) is 12.4. The molecule has 0 saturated heterocycles. The zero-order chi connectivity index (χ0) is 14.4. The molecule has 3 rings (SSSR count). The van der Waals surface area contributed by atoms with Crippen LogP contribution >= 0.6 is 0 Å². The Kier molecular flexibility index (Phi) is 3.03. The minimum Gasteiger partial charge on any atom is -0.324 e. The van der Waals surface area contributed by atoms with Gasteiger partial charge in [-0.2, -0.15) is 13.2 Å². The van der Waals surface area contributed by atoms with Gasteiger partial charge in [0.2, 0.25) is 5.91 Å². The minimum atomic E-state index is -4.44. The van der Waals surface area contributed by atoms with Gasteiger partial charge in [-0.15, -0.1) is 0 Å². The number of halogens is 3. The van der Waals surface area contributed by atoms with E-state index < -0.39 is 17.2 Å². The van der Waals surface area contributed by atoms with Crippen LogP contribution in [0.2, 0.25) is 0 Å². The van der Waals surface area contributed by atoms with Crippen molar-refractivity contribution in [2.75, 3.05) is 5.32 Å². The Morgan fingerprint density at radius 3 is 2.30 bits per heavy atom. The Hall–Kier alpha value is -1.52. The molecule has 1 aliphatic heterocycles. The summed E-state index contributed by atoms with van der Waals surface area (Å²) >= 11 is 0. The molecule has 0 aromatic heterocycles. The topological polar surface area (TPSA) is 29.1 Å². The molecule has 1 aliphatic carbocycles. The maximum atomic E-state index is 13.1. The summed E-state index contributed by atoms with van der Waals surface area (Å²) in [5.74, 6) is -0.258. The van der Waals surface area contributed by atoms with Crippen LogP contribution in [0.5, 0.6) is 0 Å². The average Bonchev–Trinajstić information content (AvgIpc) is 2.56. The van der Waals surface area contributed by atoms with Gasteiger partial charge in [-0.1, -0.05) is 37.8 Å². The highest BCUT2D eigenvalue weighted by Gasteiger charge is 2.49. The summed E-state index contributed by atoms with van der Waals surface area (Å²) in [5.41, 5.74) is -0.955. The second-order valence-electron chi connectivity index (χ2n) is 5.68. The molecule has 5 heteroatoms. The molecule has 1 heterocycles. The Morgan fingerprint density at radius 2 is 1.70 bits per heavy atom. The van der Waals surface area contributed by atoms with Crippen LogP contribution < -0.4 is 5.32 Å². The maximum absolute atomic E-state index is 13.1. The van der Waals surface area contributed by atoms with Gasteiger partial charge in [0.05, 0.1) is 16.7 Å². The van der Waals surface area contributed by atoms with Gasteiger partial charge in [-0.05, 0) is 24.5 Å². The first kappa shape index (κ1) is 13.5. The van der Waals surface area contributed by atoms with Gasteiger partial charge in [0, 0.05) is 0 Å².